The molecule has 0 fully saturated rings. The molecule has 1 amide bonds. The summed E-state index contributed by atoms with van der Waals surface area (Å²) in [6.45, 7) is 0. The third-order valence-electron chi connectivity index (χ3n) is 2.49. The van der Waals surface area contributed by atoms with Gasteiger partial charge in [-0.1, -0.05) is 11.6 Å². The lowest BCUT2D eigenvalue weighted by Crippen LogP contribution is -2.14. The molecule has 1 aromatic heterocycles. The zero-order valence-corrected chi connectivity index (χ0v) is 10.9. The molecule has 0 saturated heterocycles. The number of rotatable bonds is 3. The summed E-state index contributed by atoms with van der Waals surface area (Å²) in [6.07, 6.45) is 1.52. The van der Waals surface area contributed by atoms with Crippen LogP contribution in [0.1, 0.15) is 10.4 Å². The number of hydrogen-bond donors (Lipinski definition) is 2. The summed E-state index contributed by atoms with van der Waals surface area (Å²) in [5.41, 5.74) is 6.50. The van der Waals surface area contributed by atoms with Gasteiger partial charge in [-0.05, 0) is 30.3 Å². The monoisotopic (exact) mass is 277 g/mol. The average Bonchev–Trinajstić information content (AvgIpc) is 2.39. The molecule has 6 heteroatoms. The van der Waals surface area contributed by atoms with Crippen LogP contribution in [0.2, 0.25) is 5.02 Å². The van der Waals surface area contributed by atoms with Crippen molar-refractivity contribution in [1.29, 1.82) is 0 Å². The van der Waals surface area contributed by atoms with E-state index in [1.165, 1.54) is 13.3 Å². The lowest BCUT2D eigenvalue weighted by atomic mass is 10.2. The van der Waals surface area contributed by atoms with Gasteiger partial charge in [-0.2, -0.15) is 0 Å². The Morgan fingerprint density at radius 1 is 1.42 bits per heavy atom. The van der Waals surface area contributed by atoms with Crippen LogP contribution in [0, 0.1) is 0 Å². The van der Waals surface area contributed by atoms with Crippen molar-refractivity contribution >= 4 is 29.0 Å². The van der Waals surface area contributed by atoms with Crippen LogP contribution in [-0.2, 0) is 0 Å². The predicted octanol–water partition coefficient (Wildman–Crippen LogP) is 2.58. The summed E-state index contributed by atoms with van der Waals surface area (Å²) in [6, 6.07) is 8.21. The molecule has 2 aromatic rings. The number of aromatic nitrogens is 1. The predicted molar refractivity (Wildman–Crippen MR) is 74.6 cm³/mol. The fourth-order valence-electron chi connectivity index (χ4n) is 1.55. The summed E-state index contributed by atoms with van der Waals surface area (Å²) in [7, 11) is 1.52. The number of hydrogen-bond acceptors (Lipinski definition) is 4. The van der Waals surface area contributed by atoms with Crippen molar-refractivity contribution in [3.05, 3.63) is 47.1 Å². The minimum absolute atomic E-state index is 0.180. The molecule has 0 atom stereocenters. The molecular formula is C13H12ClN3O2. The van der Waals surface area contributed by atoms with E-state index >= 15 is 0 Å². The zero-order chi connectivity index (χ0) is 13.8. The third kappa shape index (κ3) is 2.95. The average molecular weight is 278 g/mol. The Balaban J connectivity index is 2.20. The maximum atomic E-state index is 12.0. The minimum atomic E-state index is -0.341. The molecule has 2 rings (SSSR count). The standard InChI is InChI=1S/C13H12ClN3O2/c1-19-11-5-4-8(7-10(11)14)17-13(18)9-3-2-6-16-12(9)15/h2-7H,1H3,(H2,15,16)(H,17,18). The van der Waals surface area contributed by atoms with Gasteiger partial charge < -0.3 is 15.8 Å². The number of pyridine rings is 1. The van der Waals surface area contributed by atoms with Crippen LogP contribution in [0.15, 0.2) is 36.5 Å². The van der Waals surface area contributed by atoms with Crippen molar-refractivity contribution in [2.75, 3.05) is 18.2 Å². The van der Waals surface area contributed by atoms with Gasteiger partial charge in [0.15, 0.2) is 0 Å². The van der Waals surface area contributed by atoms with Crippen molar-refractivity contribution in [3.8, 4) is 5.75 Å². The van der Waals surface area contributed by atoms with E-state index in [-0.39, 0.29) is 11.7 Å². The van der Waals surface area contributed by atoms with Gasteiger partial charge in [-0.3, -0.25) is 4.79 Å². The maximum absolute atomic E-state index is 12.0. The highest BCUT2D eigenvalue weighted by atomic mass is 35.5. The number of methoxy groups -OCH3 is 1. The SMILES string of the molecule is COc1ccc(NC(=O)c2cccnc2N)cc1Cl. The normalized spacial score (nSPS) is 10.0. The van der Waals surface area contributed by atoms with Crippen molar-refractivity contribution in [2.24, 2.45) is 0 Å². The van der Waals surface area contributed by atoms with Crippen molar-refractivity contribution in [2.45, 2.75) is 0 Å². The van der Waals surface area contributed by atoms with Gasteiger partial charge in [0.25, 0.3) is 5.91 Å². The van der Waals surface area contributed by atoms with Gasteiger partial charge in [-0.15, -0.1) is 0 Å². The molecule has 1 heterocycles. The molecule has 5 nitrogen and oxygen atoms in total. The summed E-state index contributed by atoms with van der Waals surface area (Å²) in [4.78, 5) is 15.9. The Morgan fingerprint density at radius 2 is 2.21 bits per heavy atom. The minimum Gasteiger partial charge on any atom is -0.495 e. The highest BCUT2D eigenvalue weighted by Crippen LogP contribution is 2.27. The molecule has 0 aliphatic heterocycles. The smallest absolute Gasteiger partial charge is 0.259 e. The summed E-state index contributed by atoms with van der Waals surface area (Å²) < 4.78 is 5.03. The first kappa shape index (κ1) is 13.2. The second-order valence-corrected chi connectivity index (χ2v) is 4.15. The number of nitrogens with two attached hydrogens (primary N) is 1. The van der Waals surface area contributed by atoms with Gasteiger partial charge in [0.1, 0.15) is 11.6 Å². The van der Waals surface area contributed by atoms with E-state index in [1.807, 2.05) is 0 Å². The molecule has 0 aliphatic rings. The summed E-state index contributed by atoms with van der Waals surface area (Å²) in [5, 5.41) is 3.11. The van der Waals surface area contributed by atoms with Crippen LogP contribution in [0.25, 0.3) is 0 Å². The van der Waals surface area contributed by atoms with Crippen molar-refractivity contribution in [3.63, 3.8) is 0 Å². The van der Waals surface area contributed by atoms with E-state index < -0.39 is 0 Å². The quantitative estimate of drug-likeness (QED) is 0.904. The number of carbonyl (C=O) groups is 1. The largest absolute Gasteiger partial charge is 0.495 e. The van der Waals surface area contributed by atoms with Gasteiger partial charge >= 0.3 is 0 Å². The van der Waals surface area contributed by atoms with Crippen LogP contribution in [0.4, 0.5) is 11.5 Å². The lowest BCUT2D eigenvalue weighted by Gasteiger charge is -2.08. The molecule has 0 bridgehead atoms. The second kappa shape index (κ2) is 5.58. The van der Waals surface area contributed by atoms with Crippen LogP contribution >= 0.6 is 11.6 Å². The highest BCUT2D eigenvalue weighted by Gasteiger charge is 2.11. The summed E-state index contributed by atoms with van der Waals surface area (Å²) in [5.74, 6) is 0.381. The Kier molecular flexibility index (Phi) is 3.87. The van der Waals surface area contributed by atoms with E-state index in [1.54, 1.807) is 30.3 Å². The first-order valence-electron chi connectivity index (χ1n) is 5.47. The Labute approximate surface area is 115 Å². The van der Waals surface area contributed by atoms with Gasteiger partial charge in [0, 0.05) is 11.9 Å². The van der Waals surface area contributed by atoms with E-state index in [9.17, 15) is 4.79 Å². The van der Waals surface area contributed by atoms with E-state index in [0.29, 0.717) is 22.0 Å². The molecule has 19 heavy (non-hydrogen) atoms. The number of amides is 1. The first-order valence-corrected chi connectivity index (χ1v) is 5.85. The van der Waals surface area contributed by atoms with Gasteiger partial charge in [0.05, 0.1) is 17.7 Å². The Hall–Kier alpha value is -2.27. The topological polar surface area (TPSA) is 77.2 Å². The number of halogens is 1. The van der Waals surface area contributed by atoms with Crippen molar-refractivity contribution in [1.82, 2.24) is 4.98 Å². The van der Waals surface area contributed by atoms with E-state index in [0.717, 1.165) is 0 Å². The number of anilines is 2. The Morgan fingerprint density at radius 3 is 2.84 bits per heavy atom. The molecule has 3 N–H and O–H groups in total. The molecule has 98 valence electrons. The number of nitrogens with zero attached hydrogens (tertiary/aromatic N) is 1. The molecular weight excluding hydrogens is 266 g/mol. The van der Waals surface area contributed by atoms with Crippen LogP contribution in [0.3, 0.4) is 0 Å². The number of benzene rings is 1. The van der Waals surface area contributed by atoms with Crippen LogP contribution in [-0.4, -0.2) is 18.0 Å². The number of nitrogens with one attached hydrogen (secondary N) is 1. The fourth-order valence-corrected chi connectivity index (χ4v) is 1.81. The van der Waals surface area contributed by atoms with E-state index in [4.69, 9.17) is 22.1 Å². The van der Waals surface area contributed by atoms with Gasteiger partial charge in [0.2, 0.25) is 0 Å². The van der Waals surface area contributed by atoms with Gasteiger partial charge in [-0.25, -0.2) is 4.98 Å². The van der Waals surface area contributed by atoms with Crippen LogP contribution < -0.4 is 15.8 Å². The van der Waals surface area contributed by atoms with Crippen molar-refractivity contribution < 1.29 is 9.53 Å². The number of ether oxygens (including phenoxy) is 1. The molecule has 0 radical (unpaired) electrons. The fraction of sp³-hybridized carbons (Fsp3) is 0.0769. The molecule has 0 unspecified atom stereocenters. The second-order valence-electron chi connectivity index (χ2n) is 3.74. The maximum Gasteiger partial charge on any atom is 0.259 e. The number of carbonyl (C=O) groups excluding carboxylic acids is 1. The third-order valence-corrected chi connectivity index (χ3v) is 2.79. The molecule has 0 spiro atoms. The molecule has 1 aromatic carbocycles. The van der Waals surface area contributed by atoms with E-state index in [2.05, 4.69) is 10.3 Å². The Bertz CT molecular complexity index is 617. The number of nitrogen functional groups attached to an aromatic ring is 1. The summed E-state index contributed by atoms with van der Waals surface area (Å²) >= 11 is 5.98. The molecule has 0 saturated carbocycles. The zero-order valence-electron chi connectivity index (χ0n) is 10.2. The molecule has 0 aliphatic carbocycles. The first-order chi connectivity index (χ1) is 9.11. The highest BCUT2D eigenvalue weighted by molar-refractivity contribution is 6.32. The lowest BCUT2D eigenvalue weighted by molar-refractivity contribution is 0.102. The van der Waals surface area contributed by atoms with Crippen LogP contribution in [0.5, 0.6) is 5.75 Å².